The third kappa shape index (κ3) is 4.31. The molecule has 1 aliphatic rings. The normalized spacial score (nSPS) is 15.7. The first kappa shape index (κ1) is 15.0. The van der Waals surface area contributed by atoms with E-state index in [1.807, 2.05) is 20.0 Å². The van der Waals surface area contributed by atoms with Gasteiger partial charge in [0.2, 0.25) is 0 Å². The summed E-state index contributed by atoms with van der Waals surface area (Å²) in [5.74, 6) is 2.01. The van der Waals surface area contributed by atoms with Gasteiger partial charge in [-0.25, -0.2) is 9.97 Å². The standard InChI is InChI=1S/C14H25N5O/c1-3-20-11-13-16-12(15)10-14(17-13)18(2)8-9-19-6-4-5-7-19/h10H,3-9,11H2,1-2H3,(H2,15,16,17). The van der Waals surface area contributed by atoms with Crippen molar-refractivity contribution in [1.29, 1.82) is 0 Å². The molecule has 0 bridgehead atoms. The lowest BCUT2D eigenvalue weighted by Crippen LogP contribution is -2.32. The Morgan fingerprint density at radius 1 is 1.35 bits per heavy atom. The number of aromatic nitrogens is 2. The minimum Gasteiger partial charge on any atom is -0.384 e. The molecule has 20 heavy (non-hydrogen) atoms. The Bertz CT molecular complexity index is 420. The zero-order chi connectivity index (χ0) is 14.4. The Labute approximate surface area is 120 Å². The predicted molar refractivity (Wildman–Crippen MR) is 80.7 cm³/mol. The van der Waals surface area contributed by atoms with Crippen LogP contribution in [0.3, 0.4) is 0 Å². The highest BCUT2D eigenvalue weighted by Gasteiger charge is 2.13. The summed E-state index contributed by atoms with van der Waals surface area (Å²) in [4.78, 5) is 13.3. The maximum atomic E-state index is 5.84. The van der Waals surface area contributed by atoms with Crippen LogP contribution >= 0.6 is 0 Å². The van der Waals surface area contributed by atoms with Gasteiger partial charge in [-0.05, 0) is 32.9 Å². The molecule has 1 aliphatic heterocycles. The van der Waals surface area contributed by atoms with Crippen LogP contribution in [-0.2, 0) is 11.3 Å². The maximum absolute atomic E-state index is 5.84. The van der Waals surface area contributed by atoms with Gasteiger partial charge in [0.25, 0.3) is 0 Å². The van der Waals surface area contributed by atoms with Crippen LogP contribution in [0.4, 0.5) is 11.6 Å². The quantitative estimate of drug-likeness (QED) is 0.807. The molecule has 0 unspecified atom stereocenters. The molecule has 1 aromatic heterocycles. The van der Waals surface area contributed by atoms with Crippen LogP contribution in [0.15, 0.2) is 6.07 Å². The second-order valence-electron chi connectivity index (χ2n) is 5.17. The minimum absolute atomic E-state index is 0.411. The summed E-state index contributed by atoms with van der Waals surface area (Å²) in [5.41, 5.74) is 5.84. The first-order chi connectivity index (χ1) is 9.69. The third-order valence-electron chi connectivity index (χ3n) is 3.56. The van der Waals surface area contributed by atoms with E-state index in [1.54, 1.807) is 0 Å². The Morgan fingerprint density at radius 3 is 2.80 bits per heavy atom. The number of rotatable bonds is 7. The first-order valence-corrected chi connectivity index (χ1v) is 7.33. The van der Waals surface area contributed by atoms with Crippen molar-refractivity contribution in [2.45, 2.75) is 26.4 Å². The molecular formula is C14H25N5O. The molecule has 6 nitrogen and oxygen atoms in total. The van der Waals surface area contributed by atoms with Crippen LogP contribution < -0.4 is 10.6 Å². The number of nitrogens with two attached hydrogens (primary N) is 1. The van der Waals surface area contributed by atoms with Crippen molar-refractivity contribution in [2.24, 2.45) is 0 Å². The van der Waals surface area contributed by atoms with E-state index in [0.29, 0.717) is 24.9 Å². The van der Waals surface area contributed by atoms with Gasteiger partial charge in [0.05, 0.1) is 0 Å². The van der Waals surface area contributed by atoms with E-state index in [-0.39, 0.29) is 0 Å². The Hall–Kier alpha value is -1.40. The topological polar surface area (TPSA) is 67.5 Å². The maximum Gasteiger partial charge on any atom is 0.158 e. The molecule has 0 amide bonds. The van der Waals surface area contributed by atoms with Gasteiger partial charge in [0.1, 0.15) is 18.2 Å². The van der Waals surface area contributed by atoms with Crippen molar-refractivity contribution in [1.82, 2.24) is 14.9 Å². The first-order valence-electron chi connectivity index (χ1n) is 7.33. The molecule has 0 saturated carbocycles. The van der Waals surface area contributed by atoms with Crippen molar-refractivity contribution in [3.8, 4) is 0 Å². The molecule has 2 N–H and O–H groups in total. The minimum atomic E-state index is 0.411. The number of hydrogen-bond donors (Lipinski definition) is 1. The fourth-order valence-corrected chi connectivity index (χ4v) is 2.37. The summed E-state index contributed by atoms with van der Waals surface area (Å²) in [7, 11) is 2.04. The van der Waals surface area contributed by atoms with Gasteiger partial charge in [-0.2, -0.15) is 0 Å². The number of likely N-dealkylation sites (N-methyl/N-ethyl adjacent to an activating group) is 1. The highest BCUT2D eigenvalue weighted by Crippen LogP contribution is 2.14. The fourth-order valence-electron chi connectivity index (χ4n) is 2.37. The van der Waals surface area contributed by atoms with E-state index in [0.717, 1.165) is 18.9 Å². The van der Waals surface area contributed by atoms with Crippen molar-refractivity contribution >= 4 is 11.6 Å². The van der Waals surface area contributed by atoms with Crippen molar-refractivity contribution in [2.75, 3.05) is 50.5 Å². The highest BCUT2D eigenvalue weighted by atomic mass is 16.5. The molecule has 0 aliphatic carbocycles. The zero-order valence-corrected chi connectivity index (χ0v) is 12.5. The summed E-state index contributed by atoms with van der Waals surface area (Å²) in [6.07, 6.45) is 2.64. The summed E-state index contributed by atoms with van der Waals surface area (Å²) in [5, 5.41) is 0. The van der Waals surface area contributed by atoms with E-state index in [4.69, 9.17) is 10.5 Å². The van der Waals surface area contributed by atoms with Gasteiger partial charge in [0.15, 0.2) is 5.82 Å². The van der Waals surface area contributed by atoms with Crippen LogP contribution in [0, 0.1) is 0 Å². The molecule has 0 atom stereocenters. The zero-order valence-electron chi connectivity index (χ0n) is 12.5. The summed E-state index contributed by atoms with van der Waals surface area (Å²) < 4.78 is 5.34. The highest BCUT2D eigenvalue weighted by molar-refractivity contribution is 5.46. The molecular weight excluding hydrogens is 254 g/mol. The van der Waals surface area contributed by atoms with Crippen molar-refractivity contribution < 1.29 is 4.74 Å². The van der Waals surface area contributed by atoms with Crippen LogP contribution in [0.25, 0.3) is 0 Å². The molecule has 1 fully saturated rings. The smallest absolute Gasteiger partial charge is 0.158 e. The van der Waals surface area contributed by atoms with Crippen molar-refractivity contribution in [3.05, 3.63) is 11.9 Å². The fraction of sp³-hybridized carbons (Fsp3) is 0.714. The number of likely N-dealkylation sites (tertiary alicyclic amines) is 1. The van der Waals surface area contributed by atoms with Gasteiger partial charge >= 0.3 is 0 Å². The predicted octanol–water partition coefficient (Wildman–Crippen LogP) is 1.13. The lowest BCUT2D eigenvalue weighted by molar-refractivity contribution is 0.128. The number of anilines is 2. The van der Waals surface area contributed by atoms with Gasteiger partial charge in [-0.3, -0.25) is 0 Å². The van der Waals surface area contributed by atoms with E-state index in [9.17, 15) is 0 Å². The van der Waals surface area contributed by atoms with Crippen LogP contribution in [0.1, 0.15) is 25.6 Å². The summed E-state index contributed by atoms with van der Waals surface area (Å²) in [6.45, 7) is 7.47. The van der Waals surface area contributed by atoms with E-state index in [1.165, 1.54) is 25.9 Å². The molecule has 1 saturated heterocycles. The van der Waals surface area contributed by atoms with Gasteiger partial charge in [-0.1, -0.05) is 0 Å². The summed E-state index contributed by atoms with van der Waals surface area (Å²) in [6, 6.07) is 1.82. The third-order valence-corrected chi connectivity index (χ3v) is 3.56. The van der Waals surface area contributed by atoms with E-state index in [2.05, 4.69) is 19.8 Å². The second-order valence-corrected chi connectivity index (χ2v) is 5.17. The number of nitrogen functional groups attached to an aromatic ring is 1. The van der Waals surface area contributed by atoms with E-state index >= 15 is 0 Å². The Kier molecular flexibility index (Phi) is 5.55. The molecule has 112 valence electrons. The summed E-state index contributed by atoms with van der Waals surface area (Å²) >= 11 is 0. The van der Waals surface area contributed by atoms with Crippen LogP contribution in [0.5, 0.6) is 0 Å². The van der Waals surface area contributed by atoms with Crippen LogP contribution in [-0.4, -0.2) is 54.7 Å². The van der Waals surface area contributed by atoms with Gasteiger partial charge < -0.3 is 20.3 Å². The number of nitrogens with zero attached hydrogens (tertiary/aromatic N) is 4. The lowest BCUT2D eigenvalue weighted by Gasteiger charge is -2.22. The molecule has 2 heterocycles. The molecule has 0 aromatic carbocycles. The van der Waals surface area contributed by atoms with Crippen LogP contribution in [0.2, 0.25) is 0 Å². The molecule has 6 heteroatoms. The monoisotopic (exact) mass is 279 g/mol. The van der Waals surface area contributed by atoms with Crippen molar-refractivity contribution in [3.63, 3.8) is 0 Å². The second kappa shape index (κ2) is 7.40. The average Bonchev–Trinajstić information content (AvgIpc) is 2.95. The largest absolute Gasteiger partial charge is 0.384 e. The molecule has 0 spiro atoms. The SMILES string of the molecule is CCOCc1nc(N)cc(N(C)CCN2CCCC2)n1. The lowest BCUT2D eigenvalue weighted by atomic mass is 10.4. The van der Waals surface area contributed by atoms with Gasteiger partial charge in [0, 0.05) is 32.8 Å². The average molecular weight is 279 g/mol. The van der Waals surface area contributed by atoms with Gasteiger partial charge in [-0.15, -0.1) is 0 Å². The number of ether oxygens (including phenoxy) is 1. The molecule has 2 rings (SSSR count). The molecule has 0 radical (unpaired) electrons. The Morgan fingerprint density at radius 2 is 2.10 bits per heavy atom. The van der Waals surface area contributed by atoms with E-state index < -0.39 is 0 Å². The molecule has 1 aromatic rings. The Balaban J connectivity index is 1.93. The number of hydrogen-bond acceptors (Lipinski definition) is 6.